The number of ketones is 1. The minimum absolute atomic E-state index is 0.148. The van der Waals surface area contributed by atoms with Crippen molar-refractivity contribution in [1.29, 1.82) is 0 Å². The van der Waals surface area contributed by atoms with Crippen LogP contribution >= 0.6 is 0 Å². The fourth-order valence-electron chi connectivity index (χ4n) is 4.07. The van der Waals surface area contributed by atoms with Gasteiger partial charge in [-0.3, -0.25) is 24.3 Å². The molecule has 35 heavy (non-hydrogen) atoms. The Labute approximate surface area is 203 Å². The highest BCUT2D eigenvalue weighted by Gasteiger charge is 2.28. The number of benzene rings is 2. The van der Waals surface area contributed by atoms with Crippen molar-refractivity contribution in [3.05, 3.63) is 82.7 Å². The molecule has 3 aromatic rings. The maximum absolute atomic E-state index is 12.9. The van der Waals surface area contributed by atoms with Gasteiger partial charge in [-0.05, 0) is 67.8 Å². The Morgan fingerprint density at radius 3 is 2.49 bits per heavy atom. The normalized spacial score (nSPS) is 12.5. The summed E-state index contributed by atoms with van der Waals surface area (Å²) in [6, 6.07) is 12.5. The molecule has 2 aromatic carbocycles. The number of nitrogens with zero attached hydrogens (tertiary/aromatic N) is 2. The van der Waals surface area contributed by atoms with Crippen molar-refractivity contribution < 1.29 is 23.9 Å². The van der Waals surface area contributed by atoms with Crippen LogP contribution in [0.1, 0.15) is 32.6 Å². The monoisotopic (exact) mass is 473 g/mol. The molecule has 0 radical (unpaired) electrons. The van der Waals surface area contributed by atoms with Gasteiger partial charge in [0.1, 0.15) is 18.0 Å². The molecule has 1 aliphatic heterocycles. The van der Waals surface area contributed by atoms with Gasteiger partial charge in [0.05, 0.1) is 5.69 Å². The Morgan fingerprint density at radius 2 is 1.77 bits per heavy atom. The van der Waals surface area contributed by atoms with Crippen LogP contribution in [0.3, 0.4) is 0 Å². The largest absolute Gasteiger partial charge is 0.485 e. The number of amides is 2. The maximum Gasteiger partial charge on any atom is 0.265 e. The standard InChI is InChI=1S/C27H27N3O5/c1-17-10-18(2)27(19(3)11-17)35-15-23(31)21-4-5-24-22(12-21)30(26(33)16-34-24)14-25(32)29-13-20-6-8-28-9-7-20/h4-12H,13-16H2,1-3H3,(H,29,32). The maximum atomic E-state index is 12.9. The van der Waals surface area contributed by atoms with E-state index in [1.165, 1.54) is 4.90 Å². The number of anilines is 1. The first-order valence-electron chi connectivity index (χ1n) is 11.3. The number of rotatable bonds is 8. The van der Waals surface area contributed by atoms with Crippen molar-refractivity contribution in [3.63, 3.8) is 0 Å². The summed E-state index contributed by atoms with van der Waals surface area (Å²) in [5, 5.41) is 2.80. The van der Waals surface area contributed by atoms with Crippen LogP contribution in [0.2, 0.25) is 0 Å². The van der Waals surface area contributed by atoms with Crippen molar-refractivity contribution in [3.8, 4) is 11.5 Å². The van der Waals surface area contributed by atoms with E-state index in [9.17, 15) is 14.4 Å². The minimum Gasteiger partial charge on any atom is -0.485 e. The van der Waals surface area contributed by atoms with E-state index in [-0.39, 0.29) is 37.4 Å². The Hall–Kier alpha value is -4.20. The molecule has 1 N–H and O–H groups in total. The second-order valence-corrected chi connectivity index (χ2v) is 8.52. The highest BCUT2D eigenvalue weighted by atomic mass is 16.5. The lowest BCUT2D eigenvalue weighted by Crippen LogP contribution is -2.45. The van der Waals surface area contributed by atoms with E-state index in [0.717, 1.165) is 22.3 Å². The third kappa shape index (κ3) is 5.66. The lowest BCUT2D eigenvalue weighted by Gasteiger charge is -2.29. The van der Waals surface area contributed by atoms with Gasteiger partial charge in [-0.1, -0.05) is 17.7 Å². The summed E-state index contributed by atoms with van der Waals surface area (Å²) < 4.78 is 11.4. The lowest BCUT2D eigenvalue weighted by atomic mass is 10.1. The summed E-state index contributed by atoms with van der Waals surface area (Å²) in [4.78, 5) is 43.3. The zero-order valence-electron chi connectivity index (χ0n) is 20.0. The van der Waals surface area contributed by atoms with Crippen molar-refractivity contribution in [2.45, 2.75) is 27.3 Å². The molecule has 8 nitrogen and oxygen atoms in total. The molecular weight excluding hydrogens is 446 g/mol. The van der Waals surface area contributed by atoms with Crippen LogP contribution in [0.25, 0.3) is 0 Å². The van der Waals surface area contributed by atoms with Crippen LogP contribution in [0, 0.1) is 20.8 Å². The molecule has 180 valence electrons. The first-order chi connectivity index (χ1) is 16.8. The number of pyridine rings is 1. The Balaban J connectivity index is 1.46. The summed E-state index contributed by atoms with van der Waals surface area (Å²) in [7, 11) is 0. The van der Waals surface area contributed by atoms with Crippen LogP contribution in [0.4, 0.5) is 5.69 Å². The number of Topliss-reactive ketones (excluding diaryl/α,β-unsaturated/α-hetero) is 1. The van der Waals surface area contributed by atoms with E-state index in [2.05, 4.69) is 10.3 Å². The number of hydrogen-bond acceptors (Lipinski definition) is 6. The highest BCUT2D eigenvalue weighted by Crippen LogP contribution is 2.33. The molecule has 0 saturated heterocycles. The zero-order chi connectivity index (χ0) is 24.9. The molecule has 1 aliphatic rings. The molecule has 1 aromatic heterocycles. The van der Waals surface area contributed by atoms with E-state index in [1.54, 1.807) is 42.7 Å². The fourth-order valence-corrected chi connectivity index (χ4v) is 4.07. The summed E-state index contributed by atoms with van der Waals surface area (Å²) >= 11 is 0. The summed E-state index contributed by atoms with van der Waals surface area (Å²) in [5.74, 6) is 0.200. The van der Waals surface area contributed by atoms with Crippen LogP contribution in [0.15, 0.2) is 54.9 Å². The van der Waals surface area contributed by atoms with Crippen LogP contribution in [0.5, 0.6) is 11.5 Å². The molecule has 2 heterocycles. The molecule has 0 saturated carbocycles. The molecule has 2 amide bonds. The van der Waals surface area contributed by atoms with Gasteiger partial charge in [0, 0.05) is 24.5 Å². The average molecular weight is 474 g/mol. The second kappa shape index (κ2) is 10.4. The van der Waals surface area contributed by atoms with Gasteiger partial charge >= 0.3 is 0 Å². The number of fused-ring (bicyclic) bond motifs is 1. The molecule has 0 aliphatic carbocycles. The van der Waals surface area contributed by atoms with Gasteiger partial charge in [0.25, 0.3) is 5.91 Å². The van der Waals surface area contributed by atoms with Crippen molar-refractivity contribution in [1.82, 2.24) is 10.3 Å². The highest BCUT2D eigenvalue weighted by molar-refractivity contribution is 6.04. The number of ether oxygens (including phenoxy) is 2. The zero-order valence-corrected chi connectivity index (χ0v) is 20.0. The predicted octanol–water partition coefficient (Wildman–Crippen LogP) is 3.31. The summed E-state index contributed by atoms with van der Waals surface area (Å²) in [6.45, 7) is 5.71. The fraction of sp³-hybridized carbons (Fsp3) is 0.259. The average Bonchev–Trinajstić information content (AvgIpc) is 2.84. The number of carbonyl (C=O) groups is 3. The predicted molar refractivity (Wildman–Crippen MR) is 131 cm³/mol. The van der Waals surface area contributed by atoms with Crippen molar-refractivity contribution in [2.24, 2.45) is 0 Å². The Bertz CT molecular complexity index is 1250. The molecule has 0 bridgehead atoms. The van der Waals surface area contributed by atoms with Crippen LogP contribution in [-0.2, 0) is 16.1 Å². The third-order valence-electron chi connectivity index (χ3n) is 5.72. The third-order valence-corrected chi connectivity index (χ3v) is 5.72. The molecule has 0 spiro atoms. The smallest absolute Gasteiger partial charge is 0.265 e. The number of carbonyl (C=O) groups excluding carboxylic acids is 3. The van der Waals surface area contributed by atoms with E-state index in [1.807, 2.05) is 32.9 Å². The van der Waals surface area contributed by atoms with E-state index >= 15 is 0 Å². The first-order valence-corrected chi connectivity index (χ1v) is 11.3. The van der Waals surface area contributed by atoms with Gasteiger partial charge < -0.3 is 14.8 Å². The molecule has 0 atom stereocenters. The molecular formula is C27H27N3O5. The Kier molecular flexibility index (Phi) is 7.10. The van der Waals surface area contributed by atoms with Crippen LogP contribution < -0.4 is 19.7 Å². The molecule has 0 unspecified atom stereocenters. The number of aromatic nitrogens is 1. The number of hydrogen-bond donors (Lipinski definition) is 1. The van der Waals surface area contributed by atoms with Gasteiger partial charge in [0.2, 0.25) is 5.91 Å². The van der Waals surface area contributed by atoms with Gasteiger partial charge in [-0.25, -0.2) is 0 Å². The SMILES string of the molecule is Cc1cc(C)c(OCC(=O)c2ccc3c(c2)N(CC(=O)NCc2ccncc2)C(=O)CO3)c(C)c1. The minimum atomic E-state index is -0.358. The van der Waals surface area contributed by atoms with Crippen molar-refractivity contribution in [2.75, 3.05) is 24.7 Å². The van der Waals surface area contributed by atoms with Gasteiger partial charge in [0.15, 0.2) is 19.0 Å². The summed E-state index contributed by atoms with van der Waals surface area (Å²) in [6.07, 6.45) is 3.29. The number of nitrogens with one attached hydrogen (secondary N) is 1. The number of aryl methyl sites for hydroxylation is 3. The van der Waals surface area contributed by atoms with Gasteiger partial charge in [-0.15, -0.1) is 0 Å². The molecule has 0 fully saturated rings. The lowest BCUT2D eigenvalue weighted by molar-refractivity contribution is -0.125. The Morgan fingerprint density at radius 1 is 1.06 bits per heavy atom. The molecule has 8 heteroatoms. The van der Waals surface area contributed by atoms with E-state index < -0.39 is 0 Å². The first kappa shape index (κ1) is 23.9. The second-order valence-electron chi connectivity index (χ2n) is 8.52. The van der Waals surface area contributed by atoms with Crippen molar-refractivity contribution >= 4 is 23.3 Å². The van der Waals surface area contributed by atoms with Crippen LogP contribution in [-0.4, -0.2) is 42.3 Å². The van der Waals surface area contributed by atoms with Gasteiger partial charge in [-0.2, -0.15) is 0 Å². The molecule has 4 rings (SSSR count). The summed E-state index contributed by atoms with van der Waals surface area (Å²) in [5.41, 5.74) is 4.70. The topological polar surface area (TPSA) is 97.8 Å². The quantitative estimate of drug-likeness (QED) is 0.504. The van der Waals surface area contributed by atoms with E-state index in [0.29, 0.717) is 29.3 Å². The van der Waals surface area contributed by atoms with E-state index in [4.69, 9.17) is 9.47 Å².